The minimum Gasteiger partial charge on any atom is -0.356 e. The van der Waals surface area contributed by atoms with Gasteiger partial charge >= 0.3 is 0 Å². The van der Waals surface area contributed by atoms with Gasteiger partial charge in [-0.05, 0) is 40.8 Å². The number of rotatable bonds is 2. The van der Waals surface area contributed by atoms with Crippen molar-refractivity contribution < 1.29 is 4.79 Å². The van der Waals surface area contributed by atoms with Crippen LogP contribution in [0.2, 0.25) is 0 Å². The smallest absolute Gasteiger partial charge is 0.270 e. The van der Waals surface area contributed by atoms with Gasteiger partial charge < -0.3 is 9.88 Å². The number of amides is 1. The van der Waals surface area contributed by atoms with Crippen LogP contribution in [0.3, 0.4) is 0 Å². The Balaban J connectivity index is 1.96. The van der Waals surface area contributed by atoms with Gasteiger partial charge in [0.2, 0.25) is 0 Å². The quantitative estimate of drug-likeness (QED) is 0.890. The lowest BCUT2D eigenvalue weighted by atomic mass is 9.94. The van der Waals surface area contributed by atoms with Crippen LogP contribution in [-0.2, 0) is 0 Å². The number of H-pyrrole nitrogens is 1. The van der Waals surface area contributed by atoms with E-state index in [1.54, 1.807) is 6.20 Å². The van der Waals surface area contributed by atoms with Crippen molar-refractivity contribution in [3.8, 4) is 0 Å². The molecule has 4 heteroatoms. The average Bonchev–Trinajstić information content (AvgIpc) is 2.75. The van der Waals surface area contributed by atoms with Gasteiger partial charge in [0.15, 0.2) is 0 Å². The summed E-state index contributed by atoms with van der Waals surface area (Å²) in [5.74, 6) is 0.930. The van der Waals surface area contributed by atoms with Crippen LogP contribution in [0.5, 0.6) is 0 Å². The van der Waals surface area contributed by atoms with Crippen LogP contribution >= 0.6 is 15.9 Å². The molecule has 1 aromatic heterocycles. The van der Waals surface area contributed by atoms with Crippen molar-refractivity contribution in [2.75, 3.05) is 13.1 Å². The summed E-state index contributed by atoms with van der Waals surface area (Å²) in [6.07, 6.45) is 5.32. The Kier molecular flexibility index (Phi) is 3.69. The third-order valence-corrected chi connectivity index (χ3v) is 3.82. The third-order valence-electron chi connectivity index (χ3n) is 3.36. The summed E-state index contributed by atoms with van der Waals surface area (Å²) in [6, 6.07) is 1.84. The van der Waals surface area contributed by atoms with Crippen molar-refractivity contribution in [2.24, 2.45) is 5.92 Å². The first kappa shape index (κ1) is 11.7. The van der Waals surface area contributed by atoms with E-state index in [0.717, 1.165) is 36.3 Å². The van der Waals surface area contributed by atoms with Gasteiger partial charge in [-0.3, -0.25) is 4.79 Å². The Morgan fingerprint density at radius 1 is 1.56 bits per heavy atom. The first-order valence-corrected chi connectivity index (χ1v) is 6.63. The maximum atomic E-state index is 12.1. The molecule has 0 radical (unpaired) electrons. The second-order valence-electron chi connectivity index (χ2n) is 4.38. The molecule has 0 aliphatic carbocycles. The maximum Gasteiger partial charge on any atom is 0.270 e. The number of hydrogen-bond donors (Lipinski definition) is 1. The Morgan fingerprint density at radius 3 is 2.75 bits per heavy atom. The molecule has 1 aliphatic rings. The maximum absolute atomic E-state index is 12.1. The molecule has 0 aromatic carbocycles. The van der Waals surface area contributed by atoms with E-state index in [0.29, 0.717) is 5.69 Å². The minimum atomic E-state index is 0.125. The van der Waals surface area contributed by atoms with Crippen LogP contribution < -0.4 is 0 Å². The summed E-state index contributed by atoms with van der Waals surface area (Å²) < 4.78 is 0.930. The highest BCUT2D eigenvalue weighted by atomic mass is 79.9. The van der Waals surface area contributed by atoms with E-state index < -0.39 is 0 Å². The Labute approximate surface area is 104 Å². The number of carbonyl (C=O) groups is 1. The van der Waals surface area contributed by atoms with Crippen LogP contribution in [0, 0.1) is 5.92 Å². The highest BCUT2D eigenvalue weighted by molar-refractivity contribution is 9.10. The molecule has 2 heterocycles. The lowest BCUT2D eigenvalue weighted by molar-refractivity contribution is 0.0683. The molecule has 0 spiro atoms. The average molecular weight is 285 g/mol. The van der Waals surface area contributed by atoms with Gasteiger partial charge in [-0.1, -0.05) is 13.3 Å². The highest BCUT2D eigenvalue weighted by Gasteiger charge is 2.23. The number of piperidine rings is 1. The van der Waals surface area contributed by atoms with Crippen LogP contribution in [-0.4, -0.2) is 28.9 Å². The third kappa shape index (κ3) is 2.48. The molecular weight excluding hydrogens is 268 g/mol. The molecule has 0 saturated carbocycles. The van der Waals surface area contributed by atoms with Gasteiger partial charge in [0.25, 0.3) is 5.91 Å². The number of nitrogens with one attached hydrogen (secondary N) is 1. The number of hydrogen-bond acceptors (Lipinski definition) is 1. The predicted octanol–water partition coefficient (Wildman–Crippen LogP) is 3.04. The number of halogens is 1. The Morgan fingerprint density at radius 2 is 2.25 bits per heavy atom. The first-order chi connectivity index (χ1) is 7.70. The largest absolute Gasteiger partial charge is 0.356 e. The molecule has 1 saturated heterocycles. The van der Waals surface area contributed by atoms with Crippen LogP contribution in [0.15, 0.2) is 16.7 Å². The number of likely N-dealkylation sites (tertiary alicyclic amines) is 1. The molecular formula is C12H17BrN2O. The Bertz CT molecular complexity index is 367. The molecule has 0 atom stereocenters. The second-order valence-corrected chi connectivity index (χ2v) is 5.29. The van der Waals surface area contributed by atoms with E-state index in [-0.39, 0.29) is 5.91 Å². The van der Waals surface area contributed by atoms with E-state index in [9.17, 15) is 4.79 Å². The summed E-state index contributed by atoms with van der Waals surface area (Å²) in [4.78, 5) is 17.0. The van der Waals surface area contributed by atoms with E-state index in [1.807, 2.05) is 11.0 Å². The molecule has 1 aromatic rings. The summed E-state index contributed by atoms with van der Waals surface area (Å²) in [6.45, 7) is 4.02. The summed E-state index contributed by atoms with van der Waals surface area (Å²) in [7, 11) is 0. The number of carbonyl (C=O) groups excluding carboxylic acids is 1. The van der Waals surface area contributed by atoms with E-state index in [1.165, 1.54) is 6.42 Å². The van der Waals surface area contributed by atoms with E-state index >= 15 is 0 Å². The summed E-state index contributed by atoms with van der Waals surface area (Å²) in [5, 5.41) is 0. The molecule has 1 aliphatic heterocycles. The van der Waals surface area contributed by atoms with Gasteiger partial charge in [0.05, 0.1) is 0 Å². The van der Waals surface area contributed by atoms with Crippen molar-refractivity contribution in [1.29, 1.82) is 0 Å². The van der Waals surface area contributed by atoms with Gasteiger partial charge in [0, 0.05) is 23.8 Å². The number of aromatic nitrogens is 1. The SMILES string of the molecule is CCC1CCN(C(=O)c2cc(Br)c[nH]2)CC1. The summed E-state index contributed by atoms with van der Waals surface area (Å²) >= 11 is 3.34. The molecule has 1 N–H and O–H groups in total. The lowest BCUT2D eigenvalue weighted by Crippen LogP contribution is -2.38. The standard InChI is InChI=1S/C12H17BrN2O/c1-2-9-3-5-15(6-4-9)12(16)11-7-10(13)8-14-11/h7-9,14H,2-6H2,1H3. The van der Waals surface area contributed by atoms with Crippen LogP contribution in [0.25, 0.3) is 0 Å². The number of aromatic amines is 1. The normalized spacial score (nSPS) is 17.8. The molecule has 0 unspecified atom stereocenters. The predicted molar refractivity (Wildman–Crippen MR) is 67.4 cm³/mol. The molecule has 88 valence electrons. The first-order valence-electron chi connectivity index (χ1n) is 5.84. The Hall–Kier alpha value is -0.770. The molecule has 2 rings (SSSR count). The van der Waals surface area contributed by atoms with Gasteiger partial charge in [0.1, 0.15) is 5.69 Å². The lowest BCUT2D eigenvalue weighted by Gasteiger charge is -2.31. The van der Waals surface area contributed by atoms with Crippen molar-refractivity contribution in [3.63, 3.8) is 0 Å². The fourth-order valence-corrected chi connectivity index (χ4v) is 2.55. The zero-order valence-electron chi connectivity index (χ0n) is 9.50. The van der Waals surface area contributed by atoms with Crippen molar-refractivity contribution in [3.05, 3.63) is 22.4 Å². The highest BCUT2D eigenvalue weighted by Crippen LogP contribution is 2.21. The topological polar surface area (TPSA) is 36.1 Å². The van der Waals surface area contributed by atoms with Gasteiger partial charge in [-0.2, -0.15) is 0 Å². The monoisotopic (exact) mass is 284 g/mol. The van der Waals surface area contributed by atoms with Crippen molar-refractivity contribution in [2.45, 2.75) is 26.2 Å². The fourth-order valence-electron chi connectivity index (χ4n) is 2.21. The molecule has 16 heavy (non-hydrogen) atoms. The molecule has 1 amide bonds. The van der Waals surface area contributed by atoms with Crippen molar-refractivity contribution in [1.82, 2.24) is 9.88 Å². The van der Waals surface area contributed by atoms with Gasteiger partial charge in [-0.15, -0.1) is 0 Å². The van der Waals surface area contributed by atoms with Crippen molar-refractivity contribution >= 4 is 21.8 Å². The summed E-state index contributed by atoms with van der Waals surface area (Å²) in [5.41, 5.74) is 0.682. The fraction of sp³-hybridized carbons (Fsp3) is 0.583. The number of nitrogens with zero attached hydrogens (tertiary/aromatic N) is 1. The van der Waals surface area contributed by atoms with E-state index in [4.69, 9.17) is 0 Å². The van der Waals surface area contributed by atoms with Gasteiger partial charge in [-0.25, -0.2) is 0 Å². The van der Waals surface area contributed by atoms with Crippen LogP contribution in [0.1, 0.15) is 36.7 Å². The second kappa shape index (κ2) is 5.04. The zero-order valence-corrected chi connectivity index (χ0v) is 11.1. The molecule has 0 bridgehead atoms. The molecule has 1 fully saturated rings. The van der Waals surface area contributed by atoms with Crippen LogP contribution in [0.4, 0.5) is 0 Å². The minimum absolute atomic E-state index is 0.125. The zero-order chi connectivity index (χ0) is 11.5. The van der Waals surface area contributed by atoms with E-state index in [2.05, 4.69) is 27.8 Å². The molecule has 3 nitrogen and oxygen atoms in total.